The molecule has 0 fully saturated rings. The number of aryl methyl sites for hydroxylation is 1. The van der Waals surface area contributed by atoms with E-state index >= 15 is 0 Å². The Kier molecular flexibility index (Phi) is 14.1. The molecular weight excluding hydrogens is 597 g/mol. The van der Waals surface area contributed by atoms with Crippen molar-refractivity contribution in [1.29, 1.82) is 0 Å². The van der Waals surface area contributed by atoms with Crippen molar-refractivity contribution in [2.75, 3.05) is 39.8 Å². The molecule has 1 aliphatic heterocycles. The number of nitrogens with zero attached hydrogens (tertiary/aromatic N) is 2. The van der Waals surface area contributed by atoms with Crippen LogP contribution in [0.2, 0.25) is 0 Å². The predicted molar refractivity (Wildman–Crippen MR) is 174 cm³/mol. The van der Waals surface area contributed by atoms with Crippen LogP contribution in [0.4, 0.5) is 18.9 Å². The number of carbonyl (C=O) groups excluding carboxylic acids is 4. The Morgan fingerprint density at radius 1 is 0.913 bits per heavy atom. The van der Waals surface area contributed by atoms with Gasteiger partial charge in [0.05, 0.1) is 23.2 Å². The first-order chi connectivity index (χ1) is 21.9. The third-order valence-corrected chi connectivity index (χ3v) is 7.37. The highest BCUT2D eigenvalue weighted by Gasteiger charge is 2.42. The van der Waals surface area contributed by atoms with E-state index in [1.165, 1.54) is 6.07 Å². The highest BCUT2D eigenvalue weighted by atomic mass is 19.4. The molecule has 0 saturated carbocycles. The van der Waals surface area contributed by atoms with Gasteiger partial charge in [0.25, 0.3) is 11.8 Å². The van der Waals surface area contributed by atoms with Crippen LogP contribution in [-0.4, -0.2) is 70.3 Å². The molecule has 1 aliphatic carbocycles. The van der Waals surface area contributed by atoms with Crippen molar-refractivity contribution in [3.8, 4) is 0 Å². The van der Waals surface area contributed by atoms with Crippen LogP contribution in [-0.2, 0) is 20.7 Å². The molecule has 3 aromatic carbocycles. The van der Waals surface area contributed by atoms with Crippen LogP contribution in [0.15, 0.2) is 72.3 Å². The zero-order chi connectivity index (χ0) is 34.6. The Labute approximate surface area is 268 Å². The summed E-state index contributed by atoms with van der Waals surface area (Å²) >= 11 is 0. The number of imide groups is 1. The minimum absolute atomic E-state index is 0.0400. The Morgan fingerprint density at radius 2 is 1.46 bits per heavy atom. The van der Waals surface area contributed by atoms with Crippen molar-refractivity contribution < 1.29 is 37.1 Å². The summed E-state index contributed by atoms with van der Waals surface area (Å²) in [6.07, 6.45) is -2.49. The van der Waals surface area contributed by atoms with E-state index in [-0.39, 0.29) is 17.7 Å². The molecule has 2 amide bonds. The van der Waals surface area contributed by atoms with Gasteiger partial charge in [0, 0.05) is 51.1 Å². The van der Waals surface area contributed by atoms with E-state index < -0.39 is 29.5 Å². The zero-order valence-corrected chi connectivity index (χ0v) is 27.3. The standard InChI is InChI=1S/C22H22F3NO.C10H7NO3.C2H6O.C2H6/c1-14-7-6-9-16-15(14)11-12-17(16)19(13-27)21(22(23,24)25)18-8-4-5-10-20(18)26(2)3;12-6-5-11-9(13)7-3-1-2-4-8(7)10(11)14;1-3-2;1-2/h4-10,13,17H,11-12H2,1-3H3;1-4,6H,5H2;1-2H3;1-2H3/b21-19-;;;. The third-order valence-electron chi connectivity index (χ3n) is 7.37. The average molecular weight is 639 g/mol. The summed E-state index contributed by atoms with van der Waals surface area (Å²) in [5.74, 6) is -1.32. The second-order valence-electron chi connectivity index (χ2n) is 10.4. The van der Waals surface area contributed by atoms with E-state index in [0.717, 1.165) is 21.6 Å². The second-order valence-corrected chi connectivity index (χ2v) is 10.4. The molecule has 1 atom stereocenters. The molecule has 0 radical (unpaired) electrons. The molecule has 2 aliphatic rings. The first-order valence-corrected chi connectivity index (χ1v) is 14.8. The predicted octanol–water partition coefficient (Wildman–Crippen LogP) is 7.08. The van der Waals surface area contributed by atoms with Crippen molar-refractivity contribution >= 4 is 35.6 Å². The fourth-order valence-corrected chi connectivity index (χ4v) is 5.50. The SMILES string of the molecule is CC.COC.Cc1cccc2c1CCC2/C(C=O)=C(/c1ccccc1N(C)C)C(F)(F)F.O=CCN1C(=O)c2ccccc2C1=O. The summed E-state index contributed by atoms with van der Waals surface area (Å²) in [4.78, 5) is 47.9. The molecule has 1 heterocycles. The number of methoxy groups -OCH3 is 1. The minimum atomic E-state index is -4.63. The van der Waals surface area contributed by atoms with Gasteiger partial charge in [0.1, 0.15) is 12.6 Å². The molecule has 0 spiro atoms. The number of amides is 2. The molecule has 246 valence electrons. The largest absolute Gasteiger partial charge is 0.417 e. The van der Waals surface area contributed by atoms with Crippen LogP contribution < -0.4 is 4.90 Å². The lowest BCUT2D eigenvalue weighted by atomic mass is 9.86. The van der Waals surface area contributed by atoms with Crippen LogP contribution in [0.25, 0.3) is 5.57 Å². The monoisotopic (exact) mass is 638 g/mol. The second kappa shape index (κ2) is 17.2. The number of para-hydroxylation sites is 1. The number of aldehydes is 2. The van der Waals surface area contributed by atoms with E-state index in [1.54, 1.807) is 75.7 Å². The molecular formula is C36H41F3N2O5. The van der Waals surface area contributed by atoms with E-state index in [4.69, 9.17) is 0 Å². The van der Waals surface area contributed by atoms with Gasteiger partial charge in [-0.25, -0.2) is 0 Å². The first kappa shape index (κ1) is 37.6. The van der Waals surface area contributed by atoms with Gasteiger partial charge in [-0.15, -0.1) is 0 Å². The number of rotatable bonds is 6. The average Bonchev–Trinajstić information content (AvgIpc) is 3.57. The van der Waals surface area contributed by atoms with Gasteiger partial charge in [-0.2, -0.15) is 13.2 Å². The number of carbonyl (C=O) groups is 4. The van der Waals surface area contributed by atoms with Crippen molar-refractivity contribution in [3.63, 3.8) is 0 Å². The van der Waals surface area contributed by atoms with Crippen LogP contribution in [0.1, 0.15) is 69.2 Å². The van der Waals surface area contributed by atoms with Gasteiger partial charge >= 0.3 is 6.18 Å². The van der Waals surface area contributed by atoms with Gasteiger partial charge in [-0.3, -0.25) is 19.3 Å². The summed E-state index contributed by atoms with van der Waals surface area (Å²) in [6.45, 7) is 5.78. The fourth-order valence-electron chi connectivity index (χ4n) is 5.50. The number of fused-ring (bicyclic) bond motifs is 2. The van der Waals surface area contributed by atoms with Crippen LogP contribution in [0.3, 0.4) is 0 Å². The molecule has 0 bridgehead atoms. The molecule has 5 rings (SSSR count). The number of alkyl halides is 3. The lowest BCUT2D eigenvalue weighted by Gasteiger charge is -2.24. The normalized spacial score (nSPS) is 15.1. The number of hydrogen-bond donors (Lipinski definition) is 0. The van der Waals surface area contributed by atoms with Gasteiger partial charge < -0.3 is 14.4 Å². The lowest BCUT2D eigenvalue weighted by Crippen LogP contribution is -2.31. The Hall–Kier alpha value is -4.57. The minimum Gasteiger partial charge on any atom is -0.388 e. The highest BCUT2D eigenvalue weighted by molar-refractivity contribution is 6.21. The van der Waals surface area contributed by atoms with E-state index in [2.05, 4.69) is 4.74 Å². The Morgan fingerprint density at radius 3 is 1.96 bits per heavy atom. The number of halogens is 3. The number of ether oxygens (including phenoxy) is 1. The number of benzene rings is 3. The summed E-state index contributed by atoms with van der Waals surface area (Å²) in [5.41, 5.74) is 3.17. The zero-order valence-electron chi connectivity index (χ0n) is 27.3. The molecule has 0 N–H and O–H groups in total. The highest BCUT2D eigenvalue weighted by Crippen LogP contribution is 2.47. The number of hydrogen-bond acceptors (Lipinski definition) is 6. The summed E-state index contributed by atoms with van der Waals surface area (Å²) in [6, 6.07) is 18.5. The van der Waals surface area contributed by atoms with Crippen LogP contribution in [0, 0.1) is 6.92 Å². The summed E-state index contributed by atoms with van der Waals surface area (Å²) < 4.78 is 46.7. The lowest BCUT2D eigenvalue weighted by molar-refractivity contribution is -0.108. The summed E-state index contributed by atoms with van der Waals surface area (Å²) in [5, 5.41) is 0. The van der Waals surface area contributed by atoms with E-state index in [1.807, 2.05) is 39.0 Å². The third kappa shape index (κ3) is 8.37. The summed E-state index contributed by atoms with van der Waals surface area (Å²) in [7, 11) is 6.64. The van der Waals surface area contributed by atoms with Crippen molar-refractivity contribution in [1.82, 2.24) is 4.90 Å². The van der Waals surface area contributed by atoms with Gasteiger partial charge in [-0.1, -0.05) is 62.4 Å². The van der Waals surface area contributed by atoms with E-state index in [9.17, 15) is 32.3 Å². The Balaban J connectivity index is 0.000000323. The van der Waals surface area contributed by atoms with Crippen molar-refractivity contribution in [2.45, 2.75) is 45.7 Å². The molecule has 0 saturated heterocycles. The molecule has 7 nitrogen and oxygen atoms in total. The molecule has 3 aromatic rings. The van der Waals surface area contributed by atoms with Crippen molar-refractivity contribution in [2.24, 2.45) is 0 Å². The Bertz CT molecular complexity index is 1530. The van der Waals surface area contributed by atoms with E-state index in [0.29, 0.717) is 42.2 Å². The van der Waals surface area contributed by atoms with Crippen LogP contribution >= 0.6 is 0 Å². The number of anilines is 1. The van der Waals surface area contributed by atoms with Crippen LogP contribution in [0.5, 0.6) is 0 Å². The van der Waals surface area contributed by atoms with Gasteiger partial charge in [-0.05, 0) is 54.7 Å². The number of allylic oxidation sites excluding steroid dienone is 2. The molecule has 10 heteroatoms. The molecule has 46 heavy (non-hydrogen) atoms. The van der Waals surface area contributed by atoms with Gasteiger partial charge in [0.15, 0.2) is 0 Å². The maximum absolute atomic E-state index is 14.2. The maximum Gasteiger partial charge on any atom is 0.417 e. The fraction of sp³-hybridized carbons (Fsp3) is 0.333. The topological polar surface area (TPSA) is 84.0 Å². The maximum atomic E-state index is 14.2. The van der Waals surface area contributed by atoms with Gasteiger partial charge in [0.2, 0.25) is 0 Å². The quantitative estimate of drug-likeness (QED) is 0.163. The molecule has 1 unspecified atom stereocenters. The van der Waals surface area contributed by atoms with Crippen molar-refractivity contribution in [3.05, 3.63) is 106 Å². The first-order valence-electron chi connectivity index (χ1n) is 14.8. The smallest absolute Gasteiger partial charge is 0.388 e. The molecule has 0 aromatic heterocycles.